The Morgan fingerprint density at radius 2 is 2.00 bits per heavy atom. The lowest BCUT2D eigenvalue weighted by Gasteiger charge is -2.24. The minimum Gasteiger partial charge on any atom is -0.481 e. The number of hydrogen-bond acceptors (Lipinski definition) is 6. The highest BCUT2D eigenvalue weighted by Gasteiger charge is 2.24. The van der Waals surface area contributed by atoms with E-state index in [0.717, 1.165) is 0 Å². The summed E-state index contributed by atoms with van der Waals surface area (Å²) in [5, 5.41) is 23.0. The van der Waals surface area contributed by atoms with E-state index in [1.54, 1.807) is 26.8 Å². The number of alkyl carbamates (subject to hydrolysis) is 1. The molecule has 10 heteroatoms. The highest BCUT2D eigenvalue weighted by molar-refractivity contribution is 7.10. The van der Waals surface area contributed by atoms with Gasteiger partial charge in [-0.1, -0.05) is 13.0 Å². The molecule has 1 aromatic rings. The summed E-state index contributed by atoms with van der Waals surface area (Å²) in [4.78, 5) is 33.8. The van der Waals surface area contributed by atoms with Gasteiger partial charge in [-0.3, -0.25) is 14.9 Å². The van der Waals surface area contributed by atoms with Crippen LogP contribution in [-0.4, -0.2) is 33.7 Å². The smallest absolute Gasteiger partial charge is 0.407 e. The average Bonchev–Trinajstić information content (AvgIpc) is 2.52. The van der Waals surface area contributed by atoms with E-state index in [-0.39, 0.29) is 24.3 Å². The van der Waals surface area contributed by atoms with Crippen LogP contribution in [0.4, 0.5) is 10.5 Å². The number of hydrogen-bond donors (Lipinski definition) is 2. The zero-order chi connectivity index (χ0) is 20.8. The topological polar surface area (TPSA) is 128 Å². The quantitative estimate of drug-likeness (QED) is 0.389. The second-order valence-corrected chi connectivity index (χ2v) is 7.44. The lowest BCUT2D eigenvalue weighted by atomic mass is 9.96. The van der Waals surface area contributed by atoms with Crippen LogP contribution in [-0.2, 0) is 16.0 Å². The Kier molecular flexibility index (Phi) is 7.97. The molecule has 0 bridgehead atoms. The number of benzene rings is 1. The van der Waals surface area contributed by atoms with E-state index in [9.17, 15) is 19.7 Å². The van der Waals surface area contributed by atoms with E-state index in [1.807, 2.05) is 9.47 Å². The van der Waals surface area contributed by atoms with Crippen molar-refractivity contribution in [3.63, 3.8) is 0 Å². The highest BCUT2D eigenvalue weighted by Crippen LogP contribution is 2.30. The average molecular weight is 400 g/mol. The number of nitro benzene ring substituents is 1. The van der Waals surface area contributed by atoms with Crippen LogP contribution in [0.2, 0.25) is 0 Å². The van der Waals surface area contributed by atoms with Crippen molar-refractivity contribution in [3.8, 4) is 5.75 Å². The normalized spacial score (nSPS) is 13.4. The Labute approximate surface area is 159 Å². The first-order valence-corrected chi connectivity index (χ1v) is 8.76. The summed E-state index contributed by atoms with van der Waals surface area (Å²) in [6, 6.07) is 3.84. The Bertz CT molecular complexity index is 703. The molecule has 1 rings (SSSR count). The van der Waals surface area contributed by atoms with Gasteiger partial charge in [-0.2, -0.15) is 0 Å². The molecule has 0 radical (unpaired) electrons. The van der Waals surface area contributed by atoms with Crippen molar-refractivity contribution >= 4 is 27.2 Å². The van der Waals surface area contributed by atoms with Crippen molar-refractivity contribution < 1.29 is 28.9 Å². The maximum absolute atomic E-state index is 12.1. The van der Waals surface area contributed by atoms with Crippen LogP contribution in [0.1, 0.15) is 39.7 Å². The Hall–Kier alpha value is -2.41. The summed E-state index contributed by atoms with van der Waals surface area (Å²) in [7, 11) is 1.95. The fourth-order valence-electron chi connectivity index (χ4n) is 2.41. The zero-order valence-electron chi connectivity index (χ0n) is 15.7. The predicted molar refractivity (Wildman–Crippen MR) is 102 cm³/mol. The fourth-order valence-corrected chi connectivity index (χ4v) is 2.61. The van der Waals surface area contributed by atoms with Crippen molar-refractivity contribution in [2.45, 2.75) is 52.2 Å². The van der Waals surface area contributed by atoms with Crippen molar-refractivity contribution in [2.24, 2.45) is 5.92 Å². The van der Waals surface area contributed by atoms with Crippen molar-refractivity contribution in [1.29, 1.82) is 0 Å². The van der Waals surface area contributed by atoms with Crippen LogP contribution in [0.15, 0.2) is 18.2 Å². The minimum absolute atomic E-state index is 0.0873. The molecule has 0 saturated carbocycles. The maximum atomic E-state index is 12.1. The van der Waals surface area contributed by atoms with E-state index in [2.05, 4.69) is 5.32 Å². The third-order valence-corrected chi connectivity index (χ3v) is 3.86. The van der Waals surface area contributed by atoms with Crippen molar-refractivity contribution in [2.75, 3.05) is 0 Å². The lowest BCUT2D eigenvalue weighted by molar-refractivity contribution is -0.385. The molecule has 0 heterocycles. The number of ether oxygens (including phenoxy) is 1. The highest BCUT2D eigenvalue weighted by atomic mass is 31.0. The number of carboxylic acids is 1. The van der Waals surface area contributed by atoms with Crippen LogP contribution in [0.25, 0.3) is 0 Å². The van der Waals surface area contributed by atoms with Gasteiger partial charge in [-0.15, -0.1) is 0 Å². The number of nitrogens with zero attached hydrogens (tertiary/aromatic N) is 1. The second kappa shape index (κ2) is 9.50. The third-order valence-electron chi connectivity index (χ3n) is 3.61. The number of aliphatic carboxylic acids is 1. The van der Waals surface area contributed by atoms with Crippen LogP contribution >= 0.6 is 9.47 Å². The summed E-state index contributed by atoms with van der Waals surface area (Å²) in [6.45, 7) is 6.67. The summed E-state index contributed by atoms with van der Waals surface area (Å²) < 4.78 is 10.1. The van der Waals surface area contributed by atoms with Crippen LogP contribution in [0.5, 0.6) is 5.75 Å². The van der Waals surface area contributed by atoms with Gasteiger partial charge in [-0.05, 0) is 45.2 Å². The molecule has 0 aliphatic carbocycles. The molecule has 1 amide bonds. The van der Waals surface area contributed by atoms with Crippen LogP contribution < -0.4 is 9.84 Å². The molecule has 9 nitrogen and oxygen atoms in total. The van der Waals surface area contributed by atoms with E-state index in [1.165, 1.54) is 19.1 Å². The number of amides is 1. The molecule has 0 saturated heterocycles. The van der Waals surface area contributed by atoms with Gasteiger partial charge in [0, 0.05) is 12.1 Å². The number of rotatable bonds is 8. The number of carboxylic acid groups (broad SMARTS) is 1. The van der Waals surface area contributed by atoms with E-state index < -0.39 is 34.5 Å². The maximum Gasteiger partial charge on any atom is 0.407 e. The van der Waals surface area contributed by atoms with Crippen molar-refractivity contribution in [1.82, 2.24) is 5.32 Å². The number of carbonyl (C=O) groups excluding carboxylic acids is 1. The van der Waals surface area contributed by atoms with E-state index >= 15 is 0 Å². The predicted octanol–water partition coefficient (Wildman–Crippen LogP) is 3.31. The van der Waals surface area contributed by atoms with Gasteiger partial charge < -0.3 is 19.7 Å². The van der Waals surface area contributed by atoms with Gasteiger partial charge in [0.15, 0.2) is 5.75 Å². The van der Waals surface area contributed by atoms with E-state index in [4.69, 9.17) is 14.4 Å². The monoisotopic (exact) mass is 400 g/mol. The van der Waals surface area contributed by atoms with E-state index in [0.29, 0.717) is 5.56 Å². The first-order chi connectivity index (χ1) is 12.4. The first kappa shape index (κ1) is 22.6. The molecule has 27 heavy (non-hydrogen) atoms. The third kappa shape index (κ3) is 7.78. The lowest BCUT2D eigenvalue weighted by Crippen LogP contribution is -2.41. The van der Waals surface area contributed by atoms with Crippen LogP contribution in [0.3, 0.4) is 0 Å². The summed E-state index contributed by atoms with van der Waals surface area (Å²) in [5.41, 5.74) is -0.361. The molecule has 2 unspecified atom stereocenters. The molecular weight excluding hydrogens is 375 g/mol. The molecule has 0 aromatic heterocycles. The molecule has 3 atom stereocenters. The molecular formula is C17H25N2O7P. The van der Waals surface area contributed by atoms with Crippen LogP contribution in [0, 0.1) is 16.0 Å². The van der Waals surface area contributed by atoms with Gasteiger partial charge >= 0.3 is 17.7 Å². The standard InChI is InChI=1S/C17H25N2O7P/c1-10(15(20)21)7-12(18-16(22)25-17(2,3)4)8-11-5-6-14(26-27)13(9-11)19(23)24/h5-6,9-10,12H,7-8,27H2,1-4H3,(H,18,22)(H,20,21)/t10?,12-/m1/s1. The molecule has 0 aliphatic heterocycles. The zero-order valence-corrected chi connectivity index (χ0v) is 16.9. The van der Waals surface area contributed by atoms with Gasteiger partial charge in [0.2, 0.25) is 0 Å². The molecule has 0 aliphatic rings. The van der Waals surface area contributed by atoms with Crippen molar-refractivity contribution in [3.05, 3.63) is 33.9 Å². The fraction of sp³-hybridized carbons (Fsp3) is 0.529. The molecule has 2 N–H and O–H groups in total. The molecule has 1 aromatic carbocycles. The molecule has 150 valence electrons. The summed E-state index contributed by atoms with van der Waals surface area (Å²) in [6.07, 6.45) is -0.330. The molecule has 0 fully saturated rings. The number of carbonyl (C=O) groups is 2. The number of nitrogens with one attached hydrogen (secondary N) is 1. The van der Waals surface area contributed by atoms with Gasteiger partial charge in [0.05, 0.1) is 20.3 Å². The van der Waals surface area contributed by atoms with Gasteiger partial charge in [0.25, 0.3) is 0 Å². The molecule has 0 spiro atoms. The SMILES string of the molecule is CC(C[C@H](Cc1ccc(OP)c([N+](=O)[O-])c1)NC(=O)OC(C)(C)C)C(=O)O. The Morgan fingerprint density at radius 1 is 1.37 bits per heavy atom. The Morgan fingerprint density at radius 3 is 2.48 bits per heavy atom. The van der Waals surface area contributed by atoms with Gasteiger partial charge in [-0.25, -0.2) is 4.79 Å². The van der Waals surface area contributed by atoms with Gasteiger partial charge in [0.1, 0.15) is 5.60 Å². The summed E-state index contributed by atoms with van der Waals surface area (Å²) >= 11 is 0. The largest absolute Gasteiger partial charge is 0.481 e. The first-order valence-electron chi connectivity index (χ1n) is 8.29. The minimum atomic E-state index is -0.997. The number of nitro groups is 1. The Balaban J connectivity index is 3.02. The summed E-state index contributed by atoms with van der Waals surface area (Å²) in [5.74, 6) is -1.62. The second-order valence-electron chi connectivity index (χ2n) is 7.20.